The minimum Gasteiger partial charge on any atom is -0.387 e. The minimum atomic E-state index is -0.787. The molecule has 0 unspecified atom stereocenters. The third kappa shape index (κ3) is 3.37. The zero-order valence-corrected chi connectivity index (χ0v) is 11.3. The van der Waals surface area contributed by atoms with E-state index in [4.69, 9.17) is 23.2 Å². The van der Waals surface area contributed by atoms with E-state index < -0.39 is 6.10 Å². The third-order valence-electron chi connectivity index (χ3n) is 3.22. The third-order valence-corrected chi connectivity index (χ3v) is 3.65. The van der Waals surface area contributed by atoms with Crippen molar-refractivity contribution in [1.29, 1.82) is 0 Å². The van der Waals surface area contributed by atoms with Crippen LogP contribution in [-0.4, -0.2) is 17.6 Å². The molecule has 0 spiro atoms. The first-order chi connectivity index (χ1) is 8.56. The molecule has 98 valence electrons. The van der Waals surface area contributed by atoms with E-state index >= 15 is 0 Å². The number of benzene rings is 1. The molecule has 2 N–H and O–H groups in total. The van der Waals surface area contributed by atoms with Crippen molar-refractivity contribution < 1.29 is 9.90 Å². The summed E-state index contributed by atoms with van der Waals surface area (Å²) in [6.45, 7) is 0.187. The number of hydrogen-bond acceptors (Lipinski definition) is 2. The molecule has 0 aliphatic heterocycles. The lowest BCUT2D eigenvalue weighted by atomic mass is 9.85. The van der Waals surface area contributed by atoms with Crippen LogP contribution in [0.15, 0.2) is 18.2 Å². The van der Waals surface area contributed by atoms with Gasteiger partial charge in [0.15, 0.2) is 0 Å². The summed E-state index contributed by atoms with van der Waals surface area (Å²) in [4.78, 5) is 11.6. The van der Waals surface area contributed by atoms with Gasteiger partial charge in [0.2, 0.25) is 5.91 Å². The molecule has 1 fully saturated rings. The molecule has 5 heteroatoms. The first kappa shape index (κ1) is 13.7. The Morgan fingerprint density at radius 1 is 1.33 bits per heavy atom. The van der Waals surface area contributed by atoms with Gasteiger partial charge in [-0.15, -0.1) is 0 Å². The maximum absolute atomic E-state index is 11.6. The van der Waals surface area contributed by atoms with Crippen LogP contribution < -0.4 is 5.32 Å². The average molecular weight is 288 g/mol. The Kier molecular flexibility index (Phi) is 4.49. The van der Waals surface area contributed by atoms with Crippen molar-refractivity contribution in [3.8, 4) is 0 Å². The lowest BCUT2D eigenvalue weighted by Crippen LogP contribution is -2.36. The van der Waals surface area contributed by atoms with Crippen molar-refractivity contribution in [1.82, 2.24) is 5.32 Å². The molecule has 1 atom stereocenters. The number of rotatable bonds is 4. The van der Waals surface area contributed by atoms with Crippen LogP contribution in [0.1, 0.15) is 30.9 Å². The van der Waals surface area contributed by atoms with Crippen molar-refractivity contribution in [2.75, 3.05) is 6.54 Å². The van der Waals surface area contributed by atoms with Crippen LogP contribution in [0.2, 0.25) is 10.0 Å². The monoisotopic (exact) mass is 287 g/mol. The van der Waals surface area contributed by atoms with Crippen molar-refractivity contribution in [2.45, 2.75) is 25.4 Å². The Morgan fingerprint density at radius 2 is 1.94 bits per heavy atom. The van der Waals surface area contributed by atoms with Gasteiger partial charge >= 0.3 is 0 Å². The number of aliphatic hydroxyl groups excluding tert-OH is 1. The SMILES string of the molecule is O=C(NC[C@@H](O)c1cc(Cl)cc(Cl)c1)C1CCC1. The average Bonchev–Trinajstić information content (AvgIpc) is 2.22. The Balaban J connectivity index is 1.90. The van der Waals surface area contributed by atoms with Crippen LogP contribution in [-0.2, 0) is 4.79 Å². The van der Waals surface area contributed by atoms with Gasteiger partial charge in [0.25, 0.3) is 0 Å². The molecule has 1 saturated carbocycles. The Hall–Kier alpha value is -0.770. The normalized spacial score (nSPS) is 17.1. The molecule has 1 aliphatic rings. The summed E-state index contributed by atoms with van der Waals surface area (Å²) in [6.07, 6.45) is 2.23. The zero-order chi connectivity index (χ0) is 13.1. The maximum atomic E-state index is 11.6. The molecule has 1 aromatic rings. The molecule has 1 amide bonds. The van der Waals surface area contributed by atoms with Crippen molar-refractivity contribution in [3.63, 3.8) is 0 Å². The Morgan fingerprint density at radius 3 is 2.44 bits per heavy atom. The van der Waals surface area contributed by atoms with Gasteiger partial charge in [0.1, 0.15) is 0 Å². The van der Waals surface area contributed by atoms with Gasteiger partial charge in [-0.2, -0.15) is 0 Å². The summed E-state index contributed by atoms with van der Waals surface area (Å²) >= 11 is 11.7. The van der Waals surface area contributed by atoms with Crippen LogP contribution in [0.3, 0.4) is 0 Å². The summed E-state index contributed by atoms with van der Waals surface area (Å²) in [7, 11) is 0. The smallest absolute Gasteiger partial charge is 0.223 e. The van der Waals surface area contributed by atoms with E-state index in [1.54, 1.807) is 18.2 Å². The first-order valence-electron chi connectivity index (χ1n) is 5.98. The summed E-state index contributed by atoms with van der Waals surface area (Å²) in [5.74, 6) is 0.147. The quantitative estimate of drug-likeness (QED) is 0.895. The highest BCUT2D eigenvalue weighted by Crippen LogP contribution is 2.27. The van der Waals surface area contributed by atoms with Crippen LogP contribution >= 0.6 is 23.2 Å². The molecule has 2 rings (SSSR count). The predicted octanol–water partition coefficient (Wildman–Crippen LogP) is 2.94. The lowest BCUT2D eigenvalue weighted by molar-refractivity contribution is -0.127. The second kappa shape index (κ2) is 5.91. The lowest BCUT2D eigenvalue weighted by Gasteiger charge is -2.24. The van der Waals surface area contributed by atoms with Gasteiger partial charge in [0.05, 0.1) is 6.10 Å². The van der Waals surface area contributed by atoms with Gasteiger partial charge in [0, 0.05) is 22.5 Å². The van der Waals surface area contributed by atoms with E-state index in [0.29, 0.717) is 15.6 Å². The van der Waals surface area contributed by atoms with E-state index in [9.17, 15) is 9.90 Å². The van der Waals surface area contributed by atoms with Crippen molar-refractivity contribution >= 4 is 29.1 Å². The molecular formula is C13H15Cl2NO2. The van der Waals surface area contributed by atoms with E-state index in [1.165, 1.54) is 0 Å². The summed E-state index contributed by atoms with van der Waals surface area (Å²) in [5, 5.41) is 13.7. The fourth-order valence-electron chi connectivity index (χ4n) is 1.90. The summed E-state index contributed by atoms with van der Waals surface area (Å²) in [5.41, 5.74) is 0.612. The van der Waals surface area contributed by atoms with E-state index in [-0.39, 0.29) is 18.4 Å². The van der Waals surface area contributed by atoms with Crippen LogP contribution in [0, 0.1) is 5.92 Å². The highest BCUT2D eigenvalue weighted by molar-refractivity contribution is 6.34. The zero-order valence-electron chi connectivity index (χ0n) is 9.83. The molecule has 0 bridgehead atoms. The molecule has 0 heterocycles. The fraction of sp³-hybridized carbons (Fsp3) is 0.462. The second-order valence-corrected chi connectivity index (χ2v) is 5.46. The number of aliphatic hydroxyl groups is 1. The molecule has 0 radical (unpaired) electrons. The van der Waals surface area contributed by atoms with Crippen LogP contribution in [0.5, 0.6) is 0 Å². The van der Waals surface area contributed by atoms with E-state index in [2.05, 4.69) is 5.32 Å². The summed E-state index contributed by atoms with van der Waals surface area (Å²) < 4.78 is 0. The van der Waals surface area contributed by atoms with Crippen molar-refractivity contribution in [3.05, 3.63) is 33.8 Å². The van der Waals surface area contributed by atoms with Gasteiger partial charge in [-0.25, -0.2) is 0 Å². The number of hydrogen-bond donors (Lipinski definition) is 2. The molecule has 0 aromatic heterocycles. The highest BCUT2D eigenvalue weighted by atomic mass is 35.5. The van der Waals surface area contributed by atoms with E-state index in [0.717, 1.165) is 19.3 Å². The Bertz CT molecular complexity index is 426. The highest BCUT2D eigenvalue weighted by Gasteiger charge is 2.25. The van der Waals surface area contributed by atoms with Crippen LogP contribution in [0.4, 0.5) is 0 Å². The molecule has 0 saturated heterocycles. The topological polar surface area (TPSA) is 49.3 Å². The van der Waals surface area contributed by atoms with Gasteiger partial charge in [-0.1, -0.05) is 29.6 Å². The first-order valence-corrected chi connectivity index (χ1v) is 6.73. The van der Waals surface area contributed by atoms with Gasteiger partial charge in [-0.05, 0) is 36.6 Å². The molecule has 3 nitrogen and oxygen atoms in total. The maximum Gasteiger partial charge on any atom is 0.223 e. The van der Waals surface area contributed by atoms with E-state index in [1.807, 2.05) is 0 Å². The number of nitrogens with one attached hydrogen (secondary N) is 1. The van der Waals surface area contributed by atoms with Gasteiger partial charge in [-0.3, -0.25) is 4.79 Å². The molecular weight excluding hydrogens is 273 g/mol. The molecule has 1 aliphatic carbocycles. The summed E-state index contributed by atoms with van der Waals surface area (Å²) in [6, 6.07) is 4.90. The largest absolute Gasteiger partial charge is 0.387 e. The Labute approximate surface area is 116 Å². The van der Waals surface area contributed by atoms with Crippen molar-refractivity contribution in [2.24, 2.45) is 5.92 Å². The number of carbonyl (C=O) groups is 1. The predicted molar refractivity (Wildman–Crippen MR) is 71.8 cm³/mol. The second-order valence-electron chi connectivity index (χ2n) is 4.59. The number of carbonyl (C=O) groups excluding carboxylic acids is 1. The molecule has 18 heavy (non-hydrogen) atoms. The number of amides is 1. The van der Waals surface area contributed by atoms with Gasteiger partial charge < -0.3 is 10.4 Å². The molecule has 1 aromatic carbocycles. The number of halogens is 2. The fourth-order valence-corrected chi connectivity index (χ4v) is 2.44. The standard InChI is InChI=1S/C13H15Cl2NO2/c14-10-4-9(5-11(15)6-10)12(17)7-16-13(18)8-2-1-3-8/h4-6,8,12,17H,1-3,7H2,(H,16,18)/t12-/m1/s1. The van der Waals surface area contributed by atoms with Crippen LogP contribution in [0.25, 0.3) is 0 Å². The minimum absolute atomic E-state index is 0.0217.